The minimum absolute atomic E-state index is 0.293. The van der Waals surface area contributed by atoms with Gasteiger partial charge in [0.25, 0.3) is 0 Å². The molecular weight excluding hydrogens is 985 g/mol. The predicted octanol–water partition coefficient (Wildman–Crippen LogP) is 15.7. The van der Waals surface area contributed by atoms with Crippen LogP contribution in [0.25, 0.3) is 0 Å². The molecule has 0 aliphatic carbocycles. The maximum absolute atomic E-state index is 14.1. The van der Waals surface area contributed by atoms with Crippen molar-refractivity contribution in [3.05, 3.63) is 33.4 Å². The normalized spacial score (nSPS) is 22.2. The zero-order valence-corrected chi connectivity index (χ0v) is 45.3. The smallest absolute Gasteiger partial charge is 0.340 e. The highest BCUT2D eigenvalue weighted by Gasteiger charge is 2.53. The molecule has 0 saturated heterocycles. The fourth-order valence-electron chi connectivity index (χ4n) is 8.29. The van der Waals surface area contributed by atoms with Crippen LogP contribution in [0, 0.1) is 0 Å². The lowest BCUT2D eigenvalue weighted by molar-refractivity contribution is 0.0582. The Labute approximate surface area is 403 Å². The molecule has 6 aliphatic heterocycles. The largest absolute Gasteiger partial charge is 0.478 e. The van der Waals surface area contributed by atoms with Crippen LogP contribution in [0.15, 0.2) is 58.7 Å². The highest BCUT2D eigenvalue weighted by atomic mass is 32.2. The van der Waals surface area contributed by atoms with Crippen LogP contribution < -0.4 is 0 Å². The van der Waals surface area contributed by atoms with Gasteiger partial charge < -0.3 is 14.6 Å². The van der Waals surface area contributed by atoms with Gasteiger partial charge in [-0.2, -0.15) is 0 Å². The number of esters is 2. The zero-order valence-electron chi connectivity index (χ0n) is 35.5. The Hall–Kier alpha value is 0.270. The second-order valence-electron chi connectivity index (χ2n) is 17.7. The Bertz CT molecular complexity index is 2270. The van der Waals surface area contributed by atoms with Gasteiger partial charge in [-0.15, -0.1) is 141 Å². The number of benzene rings is 3. The third kappa shape index (κ3) is 7.44. The summed E-state index contributed by atoms with van der Waals surface area (Å²) in [5.41, 5.74) is 5.14. The van der Waals surface area contributed by atoms with Gasteiger partial charge in [-0.3, -0.25) is 0 Å². The number of ether oxygens (including phenoxy) is 2. The van der Waals surface area contributed by atoms with E-state index in [9.17, 15) is 19.5 Å². The molecule has 1 N–H and O–H groups in total. The van der Waals surface area contributed by atoms with E-state index in [1.54, 1.807) is 94.1 Å². The Morgan fingerprint density at radius 3 is 0.733 bits per heavy atom. The molecule has 320 valence electrons. The lowest BCUT2D eigenvalue weighted by atomic mass is 9.83. The van der Waals surface area contributed by atoms with Gasteiger partial charge in [0.15, 0.2) is 0 Å². The molecule has 6 aliphatic rings. The number of hydrogen-bond acceptors (Lipinski definition) is 17. The van der Waals surface area contributed by atoms with Gasteiger partial charge in [0, 0.05) is 64.7 Å². The van der Waals surface area contributed by atoms with Gasteiger partial charge in [0.1, 0.15) is 0 Å². The third-order valence-electron chi connectivity index (χ3n) is 10.1. The first-order chi connectivity index (χ1) is 27.7. The van der Waals surface area contributed by atoms with Crippen LogP contribution in [-0.2, 0) is 9.47 Å². The van der Waals surface area contributed by atoms with Crippen molar-refractivity contribution < 1.29 is 29.0 Å². The summed E-state index contributed by atoms with van der Waals surface area (Å²) in [5, 5.41) is 11.1. The van der Waals surface area contributed by atoms with Gasteiger partial charge >= 0.3 is 17.9 Å². The number of fused-ring (bicyclic) bond motifs is 6. The predicted molar refractivity (Wildman–Crippen MR) is 265 cm³/mol. The van der Waals surface area contributed by atoms with E-state index in [1.807, 2.05) is 47.0 Å². The molecule has 60 heavy (non-hydrogen) atoms. The van der Waals surface area contributed by atoms with Crippen LogP contribution in [0.2, 0.25) is 0 Å². The molecule has 9 rings (SSSR count). The van der Waals surface area contributed by atoms with Crippen molar-refractivity contribution in [2.75, 3.05) is 14.2 Å². The van der Waals surface area contributed by atoms with Crippen molar-refractivity contribution >= 4 is 159 Å². The number of carboxylic acid groups (broad SMARTS) is 1. The van der Waals surface area contributed by atoms with Gasteiger partial charge in [0.2, 0.25) is 0 Å². The fourth-order valence-corrected chi connectivity index (χ4v) is 26.2. The van der Waals surface area contributed by atoms with Crippen LogP contribution >= 0.6 is 141 Å². The van der Waals surface area contributed by atoms with Crippen LogP contribution in [0.3, 0.4) is 0 Å². The summed E-state index contributed by atoms with van der Waals surface area (Å²) in [4.78, 5) is 53.6. The van der Waals surface area contributed by atoms with Gasteiger partial charge in [-0.1, -0.05) is 0 Å². The number of carbonyl (C=O) groups is 3. The molecule has 0 spiro atoms. The molecule has 3 aromatic rings. The SMILES string of the molecule is COC(=O)c1c2c(c(C(c3c4c(c(C(=O)O)c5c3SC(C)(C)S5)SC(C)(C)S4)c3c4c(c(C(=O)OC)c5c3SC(C)(C)S5)SC(C)(C)S4)c3c1SC(C)(C)S3)SC(C)(C)S2. The van der Waals surface area contributed by atoms with Crippen molar-refractivity contribution in [2.45, 2.75) is 172 Å². The molecule has 0 radical (unpaired) electrons. The Morgan fingerprint density at radius 2 is 0.550 bits per heavy atom. The maximum atomic E-state index is 14.1. The molecule has 0 aromatic heterocycles. The van der Waals surface area contributed by atoms with Crippen molar-refractivity contribution in [3.63, 3.8) is 0 Å². The highest BCUT2D eigenvalue weighted by Crippen LogP contribution is 2.74. The molecule has 6 nitrogen and oxygen atoms in total. The van der Waals surface area contributed by atoms with Crippen molar-refractivity contribution in [3.8, 4) is 0 Å². The van der Waals surface area contributed by atoms with Crippen LogP contribution in [-0.4, -0.2) is 61.7 Å². The summed E-state index contributed by atoms with van der Waals surface area (Å²) in [6.45, 7) is 26.6. The number of carboxylic acids is 1. The molecule has 6 heterocycles. The van der Waals surface area contributed by atoms with Gasteiger partial charge in [-0.25, -0.2) is 14.4 Å². The van der Waals surface area contributed by atoms with Gasteiger partial charge in [0.05, 0.1) is 55.4 Å². The quantitative estimate of drug-likeness (QED) is 0.187. The van der Waals surface area contributed by atoms with Crippen molar-refractivity contribution in [2.24, 2.45) is 0 Å². The second kappa shape index (κ2) is 14.9. The minimum Gasteiger partial charge on any atom is -0.478 e. The molecule has 0 atom stereocenters. The number of methoxy groups -OCH3 is 2. The van der Waals surface area contributed by atoms with Crippen molar-refractivity contribution in [1.29, 1.82) is 0 Å². The van der Waals surface area contributed by atoms with Crippen molar-refractivity contribution in [1.82, 2.24) is 0 Å². The molecule has 0 unspecified atom stereocenters. The Kier molecular flexibility index (Phi) is 11.3. The summed E-state index contributed by atoms with van der Waals surface area (Å²) in [6, 6.07) is 0. The number of aromatic carboxylic acids is 1. The lowest BCUT2D eigenvalue weighted by Gasteiger charge is -2.32. The van der Waals surface area contributed by atoms with E-state index in [-0.39, 0.29) is 36.4 Å². The number of carbonyl (C=O) groups excluding carboxylic acids is 2. The zero-order chi connectivity index (χ0) is 43.6. The summed E-state index contributed by atoms with van der Waals surface area (Å²) in [7, 11) is 2.94. The fraction of sp³-hybridized carbons (Fsp3) is 0.500. The van der Waals surface area contributed by atoms with Crippen LogP contribution in [0.4, 0.5) is 0 Å². The molecule has 0 bridgehead atoms. The average Bonchev–Trinajstić information content (AvgIpc) is 3.92. The standard InChI is InChI=1S/C42H44O6S12/c1-37(2)49-22-16(23-29(56-38(3,4)50-23)19(34(43)44)28(22)55-37)15(17-24-30(57-39(5,6)51-24)20(35(45)47-13)31-25(17)52-40(7,8)58-31)18-26-32(59-41(9,10)53-26)21(36(46)48-14)33-27(18)54-42(11,12)60-33/h15H,1-14H3,(H,43,44). The first-order valence-electron chi connectivity index (χ1n) is 19.1. The Morgan fingerprint density at radius 1 is 0.367 bits per heavy atom. The van der Waals surface area contributed by atoms with E-state index < -0.39 is 11.9 Å². The van der Waals surface area contributed by atoms with E-state index in [4.69, 9.17) is 9.47 Å². The molecule has 18 heteroatoms. The van der Waals surface area contributed by atoms with Crippen LogP contribution in [0.5, 0.6) is 0 Å². The van der Waals surface area contributed by atoms with Crippen LogP contribution in [0.1, 0.15) is 137 Å². The molecular formula is C42H44O6S12. The molecule has 0 amide bonds. The van der Waals surface area contributed by atoms with E-state index in [0.717, 1.165) is 75.4 Å². The average molecular weight is 1030 g/mol. The summed E-state index contributed by atoms with van der Waals surface area (Å²) in [6.07, 6.45) is 0. The van der Waals surface area contributed by atoms with Gasteiger partial charge in [-0.05, 0) is 99.8 Å². The summed E-state index contributed by atoms with van der Waals surface area (Å²) in [5.74, 6) is -1.95. The number of hydrogen-bond donors (Lipinski definition) is 1. The number of rotatable bonds is 6. The monoisotopic (exact) mass is 1030 g/mol. The maximum Gasteiger partial charge on any atom is 0.340 e. The number of thioether (sulfide) groups is 12. The van der Waals surface area contributed by atoms with E-state index >= 15 is 0 Å². The highest BCUT2D eigenvalue weighted by molar-refractivity contribution is 8.23. The lowest BCUT2D eigenvalue weighted by Crippen LogP contribution is -2.17. The Balaban J connectivity index is 1.53. The first-order valence-corrected chi connectivity index (χ1v) is 28.9. The minimum atomic E-state index is -0.902. The topological polar surface area (TPSA) is 89.9 Å². The second-order valence-corrected chi connectivity index (χ2v) is 38.8. The summed E-state index contributed by atoms with van der Waals surface area (Å²) < 4.78 is 9.36. The molecule has 0 fully saturated rings. The summed E-state index contributed by atoms with van der Waals surface area (Å²) >= 11 is 21.0. The third-order valence-corrected chi connectivity index (χ3v) is 27.2. The molecule has 0 saturated carbocycles. The van der Waals surface area contributed by atoms with E-state index in [1.165, 1.54) is 14.2 Å². The molecule has 3 aromatic carbocycles. The van der Waals surface area contributed by atoms with E-state index in [0.29, 0.717) is 16.7 Å². The van der Waals surface area contributed by atoms with E-state index in [2.05, 4.69) is 83.1 Å². The first kappa shape index (κ1) is 45.4.